The van der Waals surface area contributed by atoms with E-state index in [2.05, 4.69) is 44.3 Å². The largest absolute Gasteiger partial charge is 0.460 e. The van der Waals surface area contributed by atoms with Crippen LogP contribution in [0.4, 0.5) is 0 Å². The fraction of sp³-hybridized carbons (Fsp3) is 0.750. The molecule has 0 saturated carbocycles. The van der Waals surface area contributed by atoms with E-state index in [-0.39, 0.29) is 17.6 Å². The van der Waals surface area contributed by atoms with E-state index >= 15 is 0 Å². The van der Waals surface area contributed by atoms with Crippen LogP contribution in [0.2, 0.25) is 0 Å². The van der Waals surface area contributed by atoms with Crippen molar-refractivity contribution < 1.29 is 9.53 Å². The number of ether oxygens (including phenoxy) is 1. The van der Waals surface area contributed by atoms with Gasteiger partial charge in [0.25, 0.3) is 0 Å². The van der Waals surface area contributed by atoms with Crippen molar-refractivity contribution in [2.75, 3.05) is 0 Å². The van der Waals surface area contributed by atoms with Gasteiger partial charge in [0.05, 0.1) is 11.0 Å². The Morgan fingerprint density at radius 3 is 2.70 bits per heavy atom. The summed E-state index contributed by atoms with van der Waals surface area (Å²) in [6.07, 6.45) is 8.58. The molecule has 0 radical (unpaired) electrons. The van der Waals surface area contributed by atoms with E-state index in [1.165, 1.54) is 5.57 Å². The summed E-state index contributed by atoms with van der Waals surface area (Å²) in [6.45, 7) is 12.8. The smallest absolute Gasteiger partial charge is 0.311 e. The third-order valence-electron chi connectivity index (χ3n) is 6.40. The van der Waals surface area contributed by atoms with E-state index in [1.54, 1.807) is 0 Å². The summed E-state index contributed by atoms with van der Waals surface area (Å²) in [5, 5.41) is 3.74. The van der Waals surface area contributed by atoms with Gasteiger partial charge in [0, 0.05) is 12.0 Å². The Hall–Kier alpha value is -1.09. The highest BCUT2D eigenvalue weighted by Crippen LogP contribution is 2.53. The average Bonchev–Trinajstić information content (AvgIpc) is 2.46. The van der Waals surface area contributed by atoms with E-state index < -0.39 is 5.41 Å². The molecule has 6 atom stereocenters. The third-order valence-corrected chi connectivity index (χ3v) is 6.40. The van der Waals surface area contributed by atoms with Crippen molar-refractivity contribution in [3.05, 3.63) is 23.8 Å². The first-order valence-electron chi connectivity index (χ1n) is 9.11. The summed E-state index contributed by atoms with van der Waals surface area (Å²) in [5.74, 6) is 1.40. The second-order valence-electron chi connectivity index (χ2n) is 8.51. The van der Waals surface area contributed by atoms with Crippen molar-refractivity contribution in [3.63, 3.8) is 0 Å². The van der Waals surface area contributed by atoms with Crippen LogP contribution in [0.1, 0.15) is 54.4 Å². The molecule has 0 aromatic rings. The zero-order valence-corrected chi connectivity index (χ0v) is 15.3. The van der Waals surface area contributed by atoms with Gasteiger partial charge < -0.3 is 10.1 Å². The van der Waals surface area contributed by atoms with Crippen LogP contribution in [-0.2, 0) is 9.53 Å². The summed E-state index contributed by atoms with van der Waals surface area (Å²) < 4.78 is 6.13. The van der Waals surface area contributed by atoms with Gasteiger partial charge in [-0.2, -0.15) is 0 Å². The monoisotopic (exact) mass is 317 g/mol. The van der Waals surface area contributed by atoms with Crippen LogP contribution >= 0.6 is 0 Å². The zero-order chi connectivity index (χ0) is 17.0. The molecule has 3 heteroatoms. The first-order valence-corrected chi connectivity index (χ1v) is 9.11. The van der Waals surface area contributed by atoms with Crippen LogP contribution in [0, 0.1) is 23.2 Å². The maximum Gasteiger partial charge on any atom is 0.311 e. The molecule has 128 valence electrons. The van der Waals surface area contributed by atoms with Crippen molar-refractivity contribution in [2.24, 2.45) is 23.2 Å². The predicted octanol–water partition coefficient (Wildman–Crippen LogP) is 3.85. The van der Waals surface area contributed by atoms with E-state index in [4.69, 9.17) is 4.74 Å². The second-order valence-corrected chi connectivity index (χ2v) is 8.51. The van der Waals surface area contributed by atoms with Gasteiger partial charge in [-0.25, -0.2) is 0 Å². The predicted molar refractivity (Wildman–Crippen MR) is 92.9 cm³/mol. The van der Waals surface area contributed by atoms with Crippen molar-refractivity contribution in [1.82, 2.24) is 5.32 Å². The third kappa shape index (κ3) is 2.39. The molecule has 3 aliphatic rings. The van der Waals surface area contributed by atoms with Crippen LogP contribution in [0.15, 0.2) is 23.8 Å². The molecule has 1 spiro atoms. The Morgan fingerprint density at radius 2 is 2.09 bits per heavy atom. The summed E-state index contributed by atoms with van der Waals surface area (Å²) in [4.78, 5) is 12.7. The van der Waals surface area contributed by atoms with Crippen LogP contribution in [-0.4, -0.2) is 23.7 Å². The molecule has 3 rings (SSSR count). The van der Waals surface area contributed by atoms with Crippen molar-refractivity contribution in [3.8, 4) is 0 Å². The van der Waals surface area contributed by atoms with Crippen molar-refractivity contribution in [1.29, 1.82) is 0 Å². The van der Waals surface area contributed by atoms with Gasteiger partial charge in [0.2, 0.25) is 0 Å². The zero-order valence-electron chi connectivity index (χ0n) is 15.3. The minimum Gasteiger partial charge on any atom is -0.460 e. The topological polar surface area (TPSA) is 38.3 Å². The lowest BCUT2D eigenvalue weighted by molar-refractivity contribution is -0.173. The number of allylic oxidation sites excluding steroid dienone is 2. The highest BCUT2D eigenvalue weighted by molar-refractivity contribution is 5.76. The lowest BCUT2D eigenvalue weighted by Crippen LogP contribution is -2.79. The molecule has 1 unspecified atom stereocenters. The molecular formula is C20H31NO2. The molecule has 3 nitrogen and oxygen atoms in total. The van der Waals surface area contributed by atoms with Gasteiger partial charge >= 0.3 is 5.97 Å². The fourth-order valence-electron chi connectivity index (χ4n) is 4.68. The van der Waals surface area contributed by atoms with E-state index in [0.29, 0.717) is 23.8 Å². The molecule has 1 aliphatic heterocycles. The number of hydrogen-bond acceptors (Lipinski definition) is 3. The van der Waals surface area contributed by atoms with E-state index in [1.807, 2.05) is 20.8 Å². The molecule has 0 bridgehead atoms. The highest BCUT2D eigenvalue weighted by atomic mass is 16.5. The number of carbonyl (C=O) groups excluding carboxylic acids is 1. The number of hydrogen-bond donors (Lipinski definition) is 1. The standard InChI is InChI=1S/C20H31NO2/c1-7-19(5,6)18(22)23-16-11-12(2)10-15-9-8-13(3)17-14(4)21-20(15,16)17/h8-10,12-14,16-17,21H,7,11H2,1-6H3/t12-,13-,14?,16-,17+,20-/m0/s1. The fourth-order valence-corrected chi connectivity index (χ4v) is 4.68. The highest BCUT2D eigenvalue weighted by Gasteiger charge is 2.63. The molecule has 1 N–H and O–H groups in total. The van der Waals surface area contributed by atoms with E-state index in [9.17, 15) is 4.79 Å². The van der Waals surface area contributed by atoms with E-state index in [0.717, 1.165) is 12.8 Å². The first-order chi connectivity index (χ1) is 10.7. The molecule has 1 saturated heterocycles. The van der Waals surface area contributed by atoms with Gasteiger partial charge in [0.15, 0.2) is 0 Å². The number of rotatable bonds is 3. The van der Waals surface area contributed by atoms with Gasteiger partial charge in [-0.1, -0.05) is 39.0 Å². The minimum atomic E-state index is -0.414. The van der Waals surface area contributed by atoms with Crippen LogP contribution in [0.3, 0.4) is 0 Å². The van der Waals surface area contributed by atoms with Gasteiger partial charge in [-0.3, -0.25) is 4.79 Å². The Kier molecular flexibility index (Phi) is 3.99. The van der Waals surface area contributed by atoms with Gasteiger partial charge in [-0.05, 0) is 51.0 Å². The average molecular weight is 317 g/mol. The molecule has 1 fully saturated rings. The normalized spacial score (nSPS) is 42.2. The molecule has 0 aromatic heterocycles. The van der Waals surface area contributed by atoms with Crippen LogP contribution in [0.25, 0.3) is 0 Å². The van der Waals surface area contributed by atoms with Gasteiger partial charge in [-0.15, -0.1) is 0 Å². The Labute approximate surface area is 140 Å². The summed E-state index contributed by atoms with van der Waals surface area (Å²) in [6, 6.07) is 0.465. The molecule has 1 heterocycles. The maximum absolute atomic E-state index is 12.7. The minimum absolute atomic E-state index is 0.0601. The summed E-state index contributed by atoms with van der Waals surface area (Å²) >= 11 is 0. The van der Waals surface area contributed by atoms with Crippen molar-refractivity contribution in [2.45, 2.75) is 72.1 Å². The second kappa shape index (κ2) is 5.47. The van der Waals surface area contributed by atoms with Crippen LogP contribution in [0.5, 0.6) is 0 Å². The molecule has 2 aliphatic carbocycles. The Balaban J connectivity index is 1.94. The molecule has 0 aromatic carbocycles. The number of esters is 1. The SMILES string of the molecule is CCC(C)(C)C(=O)O[C@H]1C[C@@H](C)C=C2C=C[C@H](C)[C@@H]3C(C)N[C@@]213. The maximum atomic E-state index is 12.7. The summed E-state index contributed by atoms with van der Waals surface area (Å²) in [7, 11) is 0. The molecule has 23 heavy (non-hydrogen) atoms. The van der Waals surface area contributed by atoms with Gasteiger partial charge in [0.1, 0.15) is 6.10 Å². The Bertz CT molecular complexity index is 562. The quantitative estimate of drug-likeness (QED) is 0.803. The first kappa shape index (κ1) is 16.8. The van der Waals surface area contributed by atoms with Crippen molar-refractivity contribution >= 4 is 5.97 Å². The lowest BCUT2D eigenvalue weighted by atomic mass is 9.54. The number of nitrogens with one attached hydrogen (secondary N) is 1. The molecule has 0 amide bonds. The van der Waals surface area contributed by atoms with Crippen LogP contribution < -0.4 is 5.32 Å². The summed E-state index contributed by atoms with van der Waals surface area (Å²) in [5.41, 5.74) is 0.742. The molecular weight excluding hydrogens is 286 g/mol. The Morgan fingerprint density at radius 1 is 1.39 bits per heavy atom. The number of carbonyl (C=O) groups is 1. The lowest BCUT2D eigenvalue weighted by Gasteiger charge is -2.64.